The number of hydrogen-bond donors (Lipinski definition) is 2. The van der Waals surface area contributed by atoms with Gasteiger partial charge in [-0.1, -0.05) is 18.6 Å². The van der Waals surface area contributed by atoms with Crippen LogP contribution in [0.25, 0.3) is 0 Å². The zero-order chi connectivity index (χ0) is 17.7. The lowest BCUT2D eigenvalue weighted by Crippen LogP contribution is -2.41. The molecule has 0 radical (unpaired) electrons. The number of hydrogen-bond acceptors (Lipinski definition) is 5. The molecule has 2 amide bonds. The molecule has 0 bridgehead atoms. The summed E-state index contributed by atoms with van der Waals surface area (Å²) in [5, 5.41) is 5.15. The molecular weight excluding hydrogens is 324 g/mol. The summed E-state index contributed by atoms with van der Waals surface area (Å²) in [6.45, 7) is 0.689. The number of methoxy groups -OCH3 is 1. The van der Waals surface area contributed by atoms with Gasteiger partial charge >= 0.3 is 11.8 Å². The topological polar surface area (TPSA) is 85.9 Å². The van der Waals surface area contributed by atoms with Gasteiger partial charge in [0, 0.05) is 19.4 Å². The maximum absolute atomic E-state index is 12.0. The molecule has 1 aliphatic heterocycles. The second-order valence-electron chi connectivity index (χ2n) is 6.39. The minimum atomic E-state index is -0.740. The molecule has 2 N–H and O–H groups in total. The van der Waals surface area contributed by atoms with Crippen LogP contribution in [0.1, 0.15) is 32.1 Å². The number of anilines is 1. The number of benzene rings is 1. The van der Waals surface area contributed by atoms with E-state index < -0.39 is 17.6 Å². The van der Waals surface area contributed by atoms with Gasteiger partial charge in [-0.3, -0.25) is 9.59 Å². The Morgan fingerprint density at radius 3 is 2.72 bits per heavy atom. The largest absolute Gasteiger partial charge is 0.495 e. The first kappa shape index (κ1) is 17.7. The Morgan fingerprint density at radius 1 is 1.20 bits per heavy atom. The van der Waals surface area contributed by atoms with E-state index in [0.717, 1.165) is 25.7 Å². The summed E-state index contributed by atoms with van der Waals surface area (Å²) < 4.78 is 17.0. The molecule has 1 saturated carbocycles. The third kappa shape index (κ3) is 4.29. The van der Waals surface area contributed by atoms with E-state index in [1.165, 1.54) is 13.5 Å². The number of rotatable bonds is 4. The van der Waals surface area contributed by atoms with Crippen LogP contribution in [0.5, 0.6) is 5.75 Å². The van der Waals surface area contributed by atoms with Crippen LogP contribution in [0.4, 0.5) is 5.69 Å². The number of amides is 2. The van der Waals surface area contributed by atoms with E-state index in [1.807, 2.05) is 0 Å². The van der Waals surface area contributed by atoms with Gasteiger partial charge in [0.05, 0.1) is 19.4 Å². The Balaban J connectivity index is 1.47. The van der Waals surface area contributed by atoms with Crippen molar-refractivity contribution < 1.29 is 23.8 Å². The van der Waals surface area contributed by atoms with Gasteiger partial charge in [-0.25, -0.2) is 0 Å². The molecule has 1 spiro atoms. The van der Waals surface area contributed by atoms with Crippen LogP contribution in [0.15, 0.2) is 24.3 Å². The Bertz CT molecular complexity index is 628. The van der Waals surface area contributed by atoms with Gasteiger partial charge in [0.1, 0.15) is 11.9 Å². The van der Waals surface area contributed by atoms with Crippen LogP contribution < -0.4 is 15.4 Å². The fraction of sp³-hybridized carbons (Fsp3) is 0.556. The fourth-order valence-corrected chi connectivity index (χ4v) is 3.28. The van der Waals surface area contributed by atoms with Crippen molar-refractivity contribution in [3.05, 3.63) is 24.3 Å². The quantitative estimate of drug-likeness (QED) is 0.811. The fourth-order valence-electron chi connectivity index (χ4n) is 3.28. The van der Waals surface area contributed by atoms with Crippen molar-refractivity contribution >= 4 is 17.5 Å². The van der Waals surface area contributed by atoms with Crippen LogP contribution in [0, 0.1) is 0 Å². The number of carbonyl (C=O) groups is 2. The van der Waals surface area contributed by atoms with E-state index in [-0.39, 0.29) is 12.6 Å². The lowest BCUT2D eigenvalue weighted by Gasteiger charge is -2.31. The monoisotopic (exact) mass is 348 g/mol. The van der Waals surface area contributed by atoms with Crippen molar-refractivity contribution in [1.82, 2.24) is 5.32 Å². The third-order valence-electron chi connectivity index (χ3n) is 4.58. The van der Waals surface area contributed by atoms with Crippen molar-refractivity contribution in [3.8, 4) is 5.75 Å². The van der Waals surface area contributed by atoms with Crippen LogP contribution in [0.2, 0.25) is 0 Å². The number of ether oxygens (including phenoxy) is 3. The number of nitrogens with one attached hydrogen (secondary N) is 2. The smallest absolute Gasteiger partial charge is 0.313 e. The molecular formula is C18H24N2O5. The minimum Gasteiger partial charge on any atom is -0.495 e. The van der Waals surface area contributed by atoms with Crippen LogP contribution >= 0.6 is 0 Å². The van der Waals surface area contributed by atoms with Gasteiger partial charge in [0.2, 0.25) is 0 Å². The highest BCUT2D eigenvalue weighted by Gasteiger charge is 2.42. The van der Waals surface area contributed by atoms with Gasteiger partial charge in [-0.05, 0) is 25.0 Å². The lowest BCUT2D eigenvalue weighted by molar-refractivity contribution is -0.186. The highest BCUT2D eigenvalue weighted by molar-refractivity contribution is 6.39. The summed E-state index contributed by atoms with van der Waals surface area (Å²) >= 11 is 0. The van der Waals surface area contributed by atoms with Gasteiger partial charge in [-0.15, -0.1) is 0 Å². The zero-order valence-corrected chi connectivity index (χ0v) is 14.4. The molecule has 0 aromatic heterocycles. The first-order valence-corrected chi connectivity index (χ1v) is 8.66. The van der Waals surface area contributed by atoms with E-state index >= 15 is 0 Å². The van der Waals surface area contributed by atoms with Crippen LogP contribution in [-0.2, 0) is 19.1 Å². The second kappa shape index (κ2) is 7.84. The zero-order valence-electron chi connectivity index (χ0n) is 14.4. The van der Waals surface area contributed by atoms with E-state index in [0.29, 0.717) is 18.0 Å². The maximum atomic E-state index is 12.0. The van der Waals surface area contributed by atoms with Crippen molar-refractivity contribution in [3.63, 3.8) is 0 Å². The molecule has 1 saturated heterocycles. The third-order valence-corrected chi connectivity index (χ3v) is 4.58. The summed E-state index contributed by atoms with van der Waals surface area (Å²) in [5.74, 6) is -1.43. The molecule has 7 heteroatoms. The highest BCUT2D eigenvalue weighted by Crippen LogP contribution is 2.37. The van der Waals surface area contributed by atoms with E-state index in [2.05, 4.69) is 10.6 Å². The predicted octanol–water partition coefficient (Wildman–Crippen LogP) is 1.83. The van der Waals surface area contributed by atoms with Gasteiger partial charge < -0.3 is 24.8 Å². The molecule has 3 rings (SSSR count). The van der Waals surface area contributed by atoms with Gasteiger partial charge in [-0.2, -0.15) is 0 Å². The average Bonchev–Trinajstić information content (AvgIpc) is 3.03. The van der Waals surface area contributed by atoms with Crippen LogP contribution in [0.3, 0.4) is 0 Å². The maximum Gasteiger partial charge on any atom is 0.313 e. The number of carbonyl (C=O) groups excluding carboxylic acids is 2. The molecule has 2 fully saturated rings. The molecule has 1 heterocycles. The molecule has 2 aliphatic rings. The first-order chi connectivity index (χ1) is 12.1. The first-order valence-electron chi connectivity index (χ1n) is 8.66. The lowest BCUT2D eigenvalue weighted by atomic mass is 9.94. The van der Waals surface area contributed by atoms with Crippen molar-refractivity contribution in [1.29, 1.82) is 0 Å². The van der Waals surface area contributed by atoms with E-state index in [4.69, 9.17) is 14.2 Å². The SMILES string of the molecule is COc1ccccc1NC(=O)C(=O)NC[C@H]1COC2(CCCCC2)O1. The molecule has 7 nitrogen and oxygen atoms in total. The molecule has 1 atom stereocenters. The standard InChI is InChI=1S/C18H24N2O5/c1-23-15-8-4-3-7-14(15)20-17(22)16(21)19-11-13-12-24-18(25-13)9-5-2-6-10-18/h3-4,7-8,13H,2,5-6,9-12H2,1H3,(H,19,21)(H,20,22)/t13-/m0/s1. The minimum absolute atomic E-state index is 0.221. The van der Waals surface area contributed by atoms with Crippen LogP contribution in [-0.4, -0.2) is 44.0 Å². The Morgan fingerprint density at radius 2 is 1.96 bits per heavy atom. The molecule has 1 aromatic carbocycles. The highest BCUT2D eigenvalue weighted by atomic mass is 16.7. The van der Waals surface area contributed by atoms with E-state index in [1.54, 1.807) is 24.3 Å². The summed E-state index contributed by atoms with van der Waals surface area (Å²) in [6, 6.07) is 6.92. The molecule has 0 unspecified atom stereocenters. The summed E-state index contributed by atoms with van der Waals surface area (Å²) in [6.07, 6.45) is 4.97. The van der Waals surface area contributed by atoms with Crippen molar-refractivity contribution in [2.24, 2.45) is 0 Å². The van der Waals surface area contributed by atoms with E-state index in [9.17, 15) is 9.59 Å². The van der Waals surface area contributed by atoms with Crippen molar-refractivity contribution in [2.75, 3.05) is 25.6 Å². The Kier molecular flexibility index (Phi) is 5.55. The van der Waals surface area contributed by atoms with Gasteiger partial charge in [0.15, 0.2) is 5.79 Å². The molecule has 136 valence electrons. The molecule has 1 aromatic rings. The molecule has 25 heavy (non-hydrogen) atoms. The Labute approximate surface area is 147 Å². The normalized spacial score (nSPS) is 21.7. The molecule has 1 aliphatic carbocycles. The summed E-state index contributed by atoms with van der Waals surface area (Å²) in [4.78, 5) is 24.0. The predicted molar refractivity (Wildman–Crippen MR) is 91.3 cm³/mol. The number of para-hydroxylation sites is 2. The summed E-state index contributed by atoms with van der Waals surface area (Å²) in [5.41, 5.74) is 0.451. The van der Waals surface area contributed by atoms with Gasteiger partial charge in [0.25, 0.3) is 0 Å². The second-order valence-corrected chi connectivity index (χ2v) is 6.39. The summed E-state index contributed by atoms with van der Waals surface area (Å²) in [7, 11) is 1.50. The van der Waals surface area contributed by atoms with Crippen molar-refractivity contribution in [2.45, 2.75) is 44.0 Å². The Hall–Kier alpha value is -2.12. The average molecular weight is 348 g/mol.